The molecule has 3 rings (SSSR count). The molecule has 1 atom stereocenters. The summed E-state index contributed by atoms with van der Waals surface area (Å²) in [5, 5.41) is 7.29. The zero-order chi connectivity index (χ0) is 21.3. The number of halogens is 1. The van der Waals surface area contributed by atoms with Crippen LogP contribution in [0.15, 0.2) is 29.3 Å². The SMILES string of the molecule is CN=C(NCC(c1ccc(OC)cc1)N1CCCCC1)NC1CCN(C(C)C)CC1.I. The second-order valence-electron chi connectivity index (χ2n) is 8.89. The van der Waals surface area contributed by atoms with E-state index in [1.54, 1.807) is 7.11 Å². The van der Waals surface area contributed by atoms with Crippen LogP contribution in [0, 0.1) is 0 Å². The molecule has 0 spiro atoms. The number of hydrogen-bond acceptors (Lipinski definition) is 4. The van der Waals surface area contributed by atoms with Crippen molar-refractivity contribution in [1.82, 2.24) is 20.4 Å². The molecule has 2 fully saturated rings. The first-order valence-electron chi connectivity index (χ1n) is 11.7. The van der Waals surface area contributed by atoms with E-state index in [1.807, 2.05) is 7.05 Å². The van der Waals surface area contributed by atoms with Gasteiger partial charge in [-0.15, -0.1) is 24.0 Å². The Bertz CT molecular complexity index is 652. The number of benzene rings is 1. The smallest absolute Gasteiger partial charge is 0.191 e. The van der Waals surface area contributed by atoms with E-state index in [0.29, 0.717) is 18.1 Å². The molecule has 0 aliphatic carbocycles. The molecular formula is C24H42IN5O. The maximum Gasteiger partial charge on any atom is 0.191 e. The maximum absolute atomic E-state index is 5.36. The monoisotopic (exact) mass is 543 g/mol. The van der Waals surface area contributed by atoms with Crippen molar-refractivity contribution >= 4 is 29.9 Å². The van der Waals surface area contributed by atoms with E-state index in [1.165, 1.54) is 37.7 Å². The molecule has 2 saturated heterocycles. The predicted octanol–water partition coefficient (Wildman–Crippen LogP) is 3.88. The van der Waals surface area contributed by atoms with E-state index in [0.717, 1.165) is 44.4 Å². The third kappa shape index (κ3) is 7.79. The first-order valence-corrected chi connectivity index (χ1v) is 11.7. The summed E-state index contributed by atoms with van der Waals surface area (Å²) in [6.07, 6.45) is 6.26. The Hall–Kier alpha value is -1.06. The van der Waals surface area contributed by atoms with E-state index in [-0.39, 0.29) is 24.0 Å². The molecule has 0 radical (unpaired) electrons. The molecule has 6 nitrogen and oxygen atoms in total. The lowest BCUT2D eigenvalue weighted by atomic mass is 10.0. The van der Waals surface area contributed by atoms with Gasteiger partial charge in [0.2, 0.25) is 0 Å². The van der Waals surface area contributed by atoms with Gasteiger partial charge in [-0.2, -0.15) is 0 Å². The normalized spacial score (nSPS) is 20.2. The van der Waals surface area contributed by atoms with Crippen LogP contribution in [0.1, 0.15) is 57.6 Å². The van der Waals surface area contributed by atoms with E-state index >= 15 is 0 Å². The van der Waals surface area contributed by atoms with Gasteiger partial charge in [0.15, 0.2) is 5.96 Å². The number of methoxy groups -OCH3 is 1. The molecule has 1 aromatic carbocycles. The summed E-state index contributed by atoms with van der Waals surface area (Å²) in [6, 6.07) is 10.0. The quantitative estimate of drug-likeness (QED) is 0.311. The highest BCUT2D eigenvalue weighted by molar-refractivity contribution is 14.0. The van der Waals surface area contributed by atoms with Crippen molar-refractivity contribution in [1.29, 1.82) is 0 Å². The average Bonchev–Trinajstić information content (AvgIpc) is 2.80. The molecule has 1 aromatic rings. The summed E-state index contributed by atoms with van der Waals surface area (Å²) >= 11 is 0. The number of likely N-dealkylation sites (tertiary alicyclic amines) is 2. The second-order valence-corrected chi connectivity index (χ2v) is 8.89. The van der Waals surface area contributed by atoms with Crippen LogP contribution >= 0.6 is 24.0 Å². The van der Waals surface area contributed by atoms with Gasteiger partial charge in [-0.05, 0) is 70.3 Å². The lowest BCUT2D eigenvalue weighted by molar-refractivity contribution is 0.162. The first kappa shape index (κ1) is 26.2. The number of piperidine rings is 2. The Balaban J connectivity index is 0.00000341. The standard InChI is InChI=1S/C24H41N5O.HI/c1-19(2)28-16-12-21(13-17-28)27-24(25-3)26-18-23(29-14-6-5-7-15-29)20-8-10-22(30-4)11-9-20;/h8-11,19,21,23H,5-7,12-18H2,1-4H3,(H2,25,26,27);1H. The lowest BCUT2D eigenvalue weighted by Crippen LogP contribution is -2.51. The topological polar surface area (TPSA) is 52.1 Å². The van der Waals surface area contributed by atoms with Gasteiger partial charge in [0.1, 0.15) is 5.75 Å². The Labute approximate surface area is 206 Å². The van der Waals surface area contributed by atoms with Crippen molar-refractivity contribution in [2.75, 3.05) is 46.9 Å². The molecule has 2 heterocycles. The largest absolute Gasteiger partial charge is 0.497 e. The molecule has 2 N–H and O–H groups in total. The summed E-state index contributed by atoms with van der Waals surface area (Å²) < 4.78 is 5.36. The van der Waals surface area contributed by atoms with Crippen molar-refractivity contribution < 1.29 is 4.74 Å². The fourth-order valence-electron chi connectivity index (χ4n) is 4.66. The van der Waals surface area contributed by atoms with Crippen LogP contribution in [0.2, 0.25) is 0 Å². The Morgan fingerprint density at radius 3 is 2.23 bits per heavy atom. The fourth-order valence-corrected chi connectivity index (χ4v) is 4.66. The molecule has 0 amide bonds. The molecule has 1 unspecified atom stereocenters. The van der Waals surface area contributed by atoms with E-state index in [2.05, 4.69) is 63.5 Å². The van der Waals surface area contributed by atoms with Crippen molar-refractivity contribution in [3.8, 4) is 5.75 Å². The Kier molecular flexibility index (Phi) is 11.4. The first-order chi connectivity index (χ1) is 14.6. The van der Waals surface area contributed by atoms with Crippen LogP contribution in [0.25, 0.3) is 0 Å². The highest BCUT2D eigenvalue weighted by Crippen LogP contribution is 2.26. The molecule has 0 bridgehead atoms. The highest BCUT2D eigenvalue weighted by atomic mass is 127. The van der Waals surface area contributed by atoms with Gasteiger partial charge in [0, 0.05) is 38.8 Å². The third-order valence-corrected chi connectivity index (χ3v) is 6.62. The van der Waals surface area contributed by atoms with E-state index < -0.39 is 0 Å². The van der Waals surface area contributed by atoms with Crippen LogP contribution in [0.3, 0.4) is 0 Å². The van der Waals surface area contributed by atoms with Gasteiger partial charge >= 0.3 is 0 Å². The summed E-state index contributed by atoms with van der Waals surface area (Å²) in [6.45, 7) is 10.1. The minimum Gasteiger partial charge on any atom is -0.497 e. The predicted molar refractivity (Wildman–Crippen MR) is 141 cm³/mol. The van der Waals surface area contributed by atoms with Gasteiger partial charge in [-0.25, -0.2) is 0 Å². The lowest BCUT2D eigenvalue weighted by Gasteiger charge is -2.37. The van der Waals surface area contributed by atoms with Crippen LogP contribution in [0.5, 0.6) is 5.75 Å². The molecule has 2 aliphatic heterocycles. The van der Waals surface area contributed by atoms with Crippen molar-refractivity contribution in [2.45, 2.75) is 64.1 Å². The zero-order valence-corrected chi connectivity index (χ0v) is 22.1. The van der Waals surface area contributed by atoms with Crippen LogP contribution in [-0.2, 0) is 0 Å². The summed E-state index contributed by atoms with van der Waals surface area (Å²) in [5.41, 5.74) is 1.34. The van der Waals surface area contributed by atoms with E-state index in [9.17, 15) is 0 Å². The van der Waals surface area contributed by atoms with Gasteiger partial charge in [0.25, 0.3) is 0 Å². The molecule has 0 saturated carbocycles. The highest BCUT2D eigenvalue weighted by Gasteiger charge is 2.24. The summed E-state index contributed by atoms with van der Waals surface area (Å²) in [7, 11) is 3.60. The maximum atomic E-state index is 5.36. The van der Waals surface area contributed by atoms with Crippen molar-refractivity contribution in [2.24, 2.45) is 4.99 Å². The molecule has 0 aromatic heterocycles. The minimum atomic E-state index is 0. The number of hydrogen-bond donors (Lipinski definition) is 2. The third-order valence-electron chi connectivity index (χ3n) is 6.62. The summed E-state index contributed by atoms with van der Waals surface area (Å²) in [5.74, 6) is 1.84. The number of rotatable bonds is 7. The molecule has 7 heteroatoms. The Morgan fingerprint density at radius 1 is 1.03 bits per heavy atom. The Morgan fingerprint density at radius 2 is 1.68 bits per heavy atom. The van der Waals surface area contributed by atoms with Gasteiger partial charge in [-0.1, -0.05) is 18.6 Å². The van der Waals surface area contributed by atoms with Crippen molar-refractivity contribution in [3.05, 3.63) is 29.8 Å². The number of aliphatic imine (C=N–C) groups is 1. The second kappa shape index (κ2) is 13.5. The van der Waals surface area contributed by atoms with Crippen LogP contribution in [-0.4, -0.2) is 74.7 Å². The van der Waals surface area contributed by atoms with Crippen molar-refractivity contribution in [3.63, 3.8) is 0 Å². The van der Waals surface area contributed by atoms with Crippen LogP contribution in [0.4, 0.5) is 0 Å². The molecule has 31 heavy (non-hydrogen) atoms. The summed E-state index contributed by atoms with van der Waals surface area (Å²) in [4.78, 5) is 9.69. The van der Waals surface area contributed by atoms with Gasteiger partial charge in [0.05, 0.1) is 13.2 Å². The number of nitrogens with one attached hydrogen (secondary N) is 2. The molecule has 176 valence electrons. The fraction of sp³-hybridized carbons (Fsp3) is 0.708. The van der Waals surface area contributed by atoms with Gasteiger partial charge < -0.3 is 20.3 Å². The van der Waals surface area contributed by atoms with Gasteiger partial charge in [-0.3, -0.25) is 9.89 Å². The number of nitrogens with zero attached hydrogens (tertiary/aromatic N) is 3. The average molecular weight is 544 g/mol. The van der Waals surface area contributed by atoms with E-state index in [4.69, 9.17) is 4.74 Å². The van der Waals surface area contributed by atoms with Crippen LogP contribution < -0.4 is 15.4 Å². The minimum absolute atomic E-state index is 0. The molecule has 2 aliphatic rings. The molecular weight excluding hydrogens is 501 g/mol. The number of guanidine groups is 1. The number of ether oxygens (including phenoxy) is 1. The zero-order valence-electron chi connectivity index (χ0n) is 19.8.